The fraction of sp³-hybridized carbons (Fsp3) is 0.350. The monoisotopic (exact) mass is 397 g/mol. The van der Waals surface area contributed by atoms with Crippen LogP contribution in [-0.4, -0.2) is 40.7 Å². The number of carbonyl (C=O) groups excluding carboxylic acids is 3. The maximum atomic E-state index is 12.2. The maximum Gasteiger partial charge on any atom is 0.338 e. The highest BCUT2D eigenvalue weighted by Crippen LogP contribution is 2.21. The van der Waals surface area contributed by atoms with Crippen LogP contribution in [-0.2, 0) is 20.9 Å². The largest absolute Gasteiger partial charge is 0.454 e. The van der Waals surface area contributed by atoms with E-state index in [1.165, 1.54) is 11.3 Å². The molecule has 1 aliphatic heterocycles. The fourth-order valence-electron chi connectivity index (χ4n) is 2.91. The number of thiazole rings is 1. The van der Waals surface area contributed by atoms with Gasteiger partial charge in [-0.25, -0.2) is 9.78 Å². The van der Waals surface area contributed by atoms with Gasteiger partial charge in [-0.05, 0) is 31.0 Å². The van der Waals surface area contributed by atoms with Gasteiger partial charge in [0.05, 0.1) is 11.6 Å². The third-order valence-electron chi connectivity index (χ3n) is 4.41. The van der Waals surface area contributed by atoms with Crippen molar-refractivity contribution in [3.8, 4) is 6.07 Å². The van der Waals surface area contributed by atoms with Crippen molar-refractivity contribution in [2.45, 2.75) is 32.2 Å². The molecule has 0 aliphatic carbocycles. The number of nitriles is 1. The molecule has 1 unspecified atom stereocenters. The second-order valence-corrected chi connectivity index (χ2v) is 7.44. The summed E-state index contributed by atoms with van der Waals surface area (Å²) in [5.74, 6) is -2.03. The minimum absolute atomic E-state index is 0.143. The fourth-order valence-corrected chi connectivity index (χ4v) is 3.77. The van der Waals surface area contributed by atoms with Crippen molar-refractivity contribution >= 4 is 29.0 Å². The zero-order valence-corrected chi connectivity index (χ0v) is 16.2. The van der Waals surface area contributed by atoms with Gasteiger partial charge in [-0.3, -0.25) is 9.59 Å². The lowest BCUT2D eigenvalue weighted by molar-refractivity contribution is -0.128. The summed E-state index contributed by atoms with van der Waals surface area (Å²) in [5, 5.41) is 11.4. The molecule has 1 atom stereocenters. The maximum absolute atomic E-state index is 12.2. The highest BCUT2D eigenvalue weighted by atomic mass is 32.1. The second kappa shape index (κ2) is 8.76. The molecule has 1 aliphatic rings. The highest BCUT2D eigenvalue weighted by molar-refractivity contribution is 7.09. The molecular formula is C20H19N3O4S. The van der Waals surface area contributed by atoms with Crippen molar-refractivity contribution in [1.82, 2.24) is 9.88 Å². The van der Waals surface area contributed by atoms with E-state index in [4.69, 9.17) is 4.74 Å². The van der Waals surface area contributed by atoms with E-state index in [0.717, 1.165) is 24.2 Å². The molecule has 0 spiro atoms. The molecule has 0 bridgehead atoms. The van der Waals surface area contributed by atoms with E-state index >= 15 is 0 Å². The van der Waals surface area contributed by atoms with Crippen LogP contribution < -0.4 is 0 Å². The quantitative estimate of drug-likeness (QED) is 0.666. The number of ketones is 1. The van der Waals surface area contributed by atoms with Crippen molar-refractivity contribution in [3.05, 3.63) is 51.5 Å². The van der Waals surface area contributed by atoms with E-state index < -0.39 is 24.3 Å². The molecule has 0 radical (unpaired) electrons. The number of benzene rings is 1. The Kier molecular flexibility index (Phi) is 6.16. The Balaban J connectivity index is 1.55. The summed E-state index contributed by atoms with van der Waals surface area (Å²) >= 11 is 1.23. The van der Waals surface area contributed by atoms with Gasteiger partial charge >= 0.3 is 5.97 Å². The van der Waals surface area contributed by atoms with Gasteiger partial charge in [0.15, 0.2) is 18.3 Å². The summed E-state index contributed by atoms with van der Waals surface area (Å²) in [5.41, 5.74) is 1.97. The average Bonchev–Trinajstić information content (AvgIpc) is 3.29. The number of esters is 1. The van der Waals surface area contributed by atoms with E-state index in [0.29, 0.717) is 23.5 Å². The standard InChI is InChI=1S/C20H19N3O4S/c1-13-12-28-19(22-13)16(9-21)17(24)11-27-20(26)15-6-4-14(5-7-15)10-23-8-2-3-18(23)25/h4-7,12,16H,2-3,8,10-11H2,1H3. The lowest BCUT2D eigenvalue weighted by atomic mass is 10.1. The number of hydrogen-bond donors (Lipinski definition) is 0. The van der Waals surface area contributed by atoms with Crippen LogP contribution in [0.1, 0.15) is 45.4 Å². The first kappa shape index (κ1) is 19.7. The van der Waals surface area contributed by atoms with Crippen LogP contribution in [0.2, 0.25) is 0 Å². The van der Waals surface area contributed by atoms with Crippen LogP contribution >= 0.6 is 11.3 Å². The average molecular weight is 397 g/mol. The molecule has 7 nitrogen and oxygen atoms in total. The predicted octanol–water partition coefficient (Wildman–Crippen LogP) is 2.61. The normalized spacial score (nSPS) is 14.6. The number of hydrogen-bond acceptors (Lipinski definition) is 7. The molecule has 1 aromatic carbocycles. The molecule has 0 saturated carbocycles. The third kappa shape index (κ3) is 4.61. The summed E-state index contributed by atoms with van der Waals surface area (Å²) in [6.45, 7) is 2.56. The van der Waals surface area contributed by atoms with Gasteiger partial charge in [0.2, 0.25) is 5.91 Å². The number of aryl methyl sites for hydroxylation is 1. The number of likely N-dealkylation sites (tertiary alicyclic amines) is 1. The molecule has 1 aromatic heterocycles. The Morgan fingerprint density at radius 3 is 2.68 bits per heavy atom. The minimum Gasteiger partial charge on any atom is -0.454 e. The molecule has 1 amide bonds. The summed E-state index contributed by atoms with van der Waals surface area (Å²) in [6.07, 6.45) is 1.46. The number of aromatic nitrogens is 1. The molecule has 0 N–H and O–H groups in total. The zero-order valence-electron chi connectivity index (χ0n) is 15.4. The van der Waals surface area contributed by atoms with E-state index in [2.05, 4.69) is 4.98 Å². The Labute approximate surface area is 166 Å². The van der Waals surface area contributed by atoms with Crippen molar-refractivity contribution in [1.29, 1.82) is 5.26 Å². The van der Waals surface area contributed by atoms with Gasteiger partial charge in [-0.15, -0.1) is 11.3 Å². The van der Waals surface area contributed by atoms with E-state index in [-0.39, 0.29) is 5.91 Å². The summed E-state index contributed by atoms with van der Waals surface area (Å²) in [7, 11) is 0. The third-order valence-corrected chi connectivity index (χ3v) is 5.44. The van der Waals surface area contributed by atoms with Crippen LogP contribution in [0.4, 0.5) is 0 Å². The smallest absolute Gasteiger partial charge is 0.338 e. The van der Waals surface area contributed by atoms with Crippen LogP contribution in [0.15, 0.2) is 29.6 Å². The minimum atomic E-state index is -1.04. The summed E-state index contributed by atoms with van der Waals surface area (Å²) < 4.78 is 5.06. The van der Waals surface area contributed by atoms with E-state index in [1.807, 2.05) is 6.07 Å². The highest BCUT2D eigenvalue weighted by Gasteiger charge is 2.25. The first-order chi connectivity index (χ1) is 13.5. The zero-order chi connectivity index (χ0) is 20.1. The summed E-state index contributed by atoms with van der Waals surface area (Å²) in [4.78, 5) is 42.0. The van der Waals surface area contributed by atoms with Crippen LogP contribution in [0, 0.1) is 18.3 Å². The van der Waals surface area contributed by atoms with E-state index in [9.17, 15) is 19.6 Å². The Bertz CT molecular complexity index is 930. The topological polar surface area (TPSA) is 100 Å². The van der Waals surface area contributed by atoms with Gasteiger partial charge in [0, 0.05) is 30.6 Å². The molecule has 1 fully saturated rings. The van der Waals surface area contributed by atoms with Gasteiger partial charge in [0.1, 0.15) is 5.01 Å². The molecule has 28 heavy (non-hydrogen) atoms. The number of amides is 1. The van der Waals surface area contributed by atoms with Crippen molar-refractivity contribution in [3.63, 3.8) is 0 Å². The molecule has 2 heterocycles. The molecule has 3 rings (SSSR count). The number of rotatable bonds is 7. The van der Waals surface area contributed by atoms with Gasteiger partial charge in [0.25, 0.3) is 0 Å². The predicted molar refractivity (Wildman–Crippen MR) is 102 cm³/mol. The molecule has 144 valence electrons. The SMILES string of the molecule is Cc1csc(C(C#N)C(=O)COC(=O)c2ccc(CN3CCCC3=O)cc2)n1. The van der Waals surface area contributed by atoms with Gasteiger partial charge < -0.3 is 9.64 Å². The van der Waals surface area contributed by atoms with Gasteiger partial charge in [-0.1, -0.05) is 12.1 Å². The first-order valence-corrected chi connectivity index (χ1v) is 9.74. The van der Waals surface area contributed by atoms with Crippen molar-refractivity contribution < 1.29 is 19.1 Å². The number of Topliss-reactive ketones (excluding diaryl/α,β-unsaturated/α-hetero) is 1. The second-order valence-electron chi connectivity index (χ2n) is 6.55. The van der Waals surface area contributed by atoms with Crippen LogP contribution in [0.5, 0.6) is 0 Å². The Morgan fingerprint density at radius 1 is 1.36 bits per heavy atom. The Hall–Kier alpha value is -3.05. The van der Waals surface area contributed by atoms with E-state index in [1.54, 1.807) is 41.5 Å². The summed E-state index contributed by atoms with van der Waals surface area (Å²) in [6, 6.07) is 8.66. The van der Waals surface area contributed by atoms with Crippen LogP contribution in [0.25, 0.3) is 0 Å². The number of carbonyl (C=O) groups is 3. The number of nitrogens with zero attached hydrogens (tertiary/aromatic N) is 3. The van der Waals surface area contributed by atoms with Gasteiger partial charge in [-0.2, -0.15) is 5.26 Å². The van der Waals surface area contributed by atoms with Crippen LogP contribution in [0.3, 0.4) is 0 Å². The number of ether oxygens (including phenoxy) is 1. The molecule has 8 heteroatoms. The lowest BCUT2D eigenvalue weighted by Crippen LogP contribution is -2.23. The molecule has 2 aromatic rings. The molecular weight excluding hydrogens is 378 g/mol. The van der Waals surface area contributed by atoms with Crippen molar-refractivity contribution in [2.24, 2.45) is 0 Å². The van der Waals surface area contributed by atoms with Crippen molar-refractivity contribution in [2.75, 3.05) is 13.2 Å². The first-order valence-electron chi connectivity index (χ1n) is 8.86. The lowest BCUT2D eigenvalue weighted by Gasteiger charge is -2.15. The molecule has 1 saturated heterocycles. The Morgan fingerprint density at radius 2 is 2.11 bits per heavy atom.